The van der Waals surface area contributed by atoms with Crippen molar-refractivity contribution in [1.29, 1.82) is 0 Å². The zero-order valence-corrected chi connectivity index (χ0v) is 15.8. The summed E-state index contributed by atoms with van der Waals surface area (Å²) in [5.41, 5.74) is 1.05. The van der Waals surface area contributed by atoms with E-state index in [1.165, 1.54) is 24.3 Å². The van der Waals surface area contributed by atoms with Crippen molar-refractivity contribution in [2.24, 2.45) is 17.8 Å². The lowest BCUT2D eigenvalue weighted by Gasteiger charge is -2.42. The lowest BCUT2D eigenvalue weighted by Crippen LogP contribution is -2.42. The summed E-state index contributed by atoms with van der Waals surface area (Å²) in [5, 5.41) is 3.16. The van der Waals surface area contributed by atoms with Crippen LogP contribution in [0, 0.1) is 17.8 Å². The van der Waals surface area contributed by atoms with Crippen molar-refractivity contribution in [2.45, 2.75) is 36.3 Å². The molecule has 1 N–H and O–H groups in total. The Balaban J connectivity index is 1.38. The summed E-state index contributed by atoms with van der Waals surface area (Å²) in [4.78, 5) is 12.7. The van der Waals surface area contributed by atoms with Crippen LogP contribution in [-0.4, -0.2) is 28.6 Å². The Labute approximate surface area is 152 Å². The SMILES string of the molecule is COc1ccccc1CNC(=O)C1CC2CCC(C1)C21SCCS1. The molecule has 24 heavy (non-hydrogen) atoms. The summed E-state index contributed by atoms with van der Waals surface area (Å²) < 4.78 is 5.83. The van der Waals surface area contributed by atoms with E-state index in [-0.39, 0.29) is 11.8 Å². The largest absolute Gasteiger partial charge is 0.496 e. The van der Waals surface area contributed by atoms with E-state index in [0.29, 0.717) is 10.6 Å². The van der Waals surface area contributed by atoms with Gasteiger partial charge in [-0.05, 0) is 43.6 Å². The lowest BCUT2D eigenvalue weighted by molar-refractivity contribution is -0.126. The van der Waals surface area contributed by atoms with E-state index in [1.807, 2.05) is 24.3 Å². The van der Waals surface area contributed by atoms with Crippen molar-refractivity contribution in [3.05, 3.63) is 29.8 Å². The van der Waals surface area contributed by atoms with Gasteiger partial charge in [0.2, 0.25) is 5.91 Å². The second-order valence-corrected chi connectivity index (χ2v) is 10.1. The van der Waals surface area contributed by atoms with Crippen LogP contribution in [0.4, 0.5) is 0 Å². The molecule has 1 heterocycles. The number of amides is 1. The second-order valence-electron chi connectivity index (χ2n) is 7.09. The third-order valence-electron chi connectivity index (χ3n) is 5.89. The van der Waals surface area contributed by atoms with Gasteiger partial charge in [0.25, 0.3) is 0 Å². The number of nitrogens with one attached hydrogen (secondary N) is 1. The van der Waals surface area contributed by atoms with Gasteiger partial charge < -0.3 is 10.1 Å². The van der Waals surface area contributed by atoms with Crippen LogP contribution >= 0.6 is 23.5 Å². The van der Waals surface area contributed by atoms with Crippen molar-refractivity contribution < 1.29 is 9.53 Å². The monoisotopic (exact) mass is 363 g/mol. The van der Waals surface area contributed by atoms with Crippen molar-refractivity contribution in [3.8, 4) is 5.75 Å². The Hall–Kier alpha value is -0.810. The van der Waals surface area contributed by atoms with Crippen LogP contribution in [0.3, 0.4) is 0 Å². The summed E-state index contributed by atoms with van der Waals surface area (Å²) >= 11 is 4.38. The van der Waals surface area contributed by atoms with Crippen LogP contribution in [0.25, 0.3) is 0 Å². The van der Waals surface area contributed by atoms with E-state index >= 15 is 0 Å². The molecule has 1 amide bonds. The average molecular weight is 364 g/mol. The zero-order chi connectivity index (χ0) is 16.6. The van der Waals surface area contributed by atoms with E-state index < -0.39 is 0 Å². The molecule has 2 aliphatic carbocycles. The summed E-state index contributed by atoms with van der Waals surface area (Å²) in [5.74, 6) is 5.33. The van der Waals surface area contributed by atoms with Gasteiger partial charge in [-0.2, -0.15) is 0 Å². The van der Waals surface area contributed by atoms with Crippen LogP contribution in [0.15, 0.2) is 24.3 Å². The highest BCUT2D eigenvalue weighted by molar-refractivity contribution is 8.21. The number of carbonyl (C=O) groups is 1. The first-order chi connectivity index (χ1) is 11.7. The van der Waals surface area contributed by atoms with Gasteiger partial charge in [0.05, 0.1) is 11.2 Å². The molecule has 3 aliphatic rings. The highest BCUT2D eigenvalue weighted by atomic mass is 32.2. The smallest absolute Gasteiger partial charge is 0.223 e. The molecule has 4 rings (SSSR count). The second kappa shape index (κ2) is 6.83. The Morgan fingerprint density at radius 1 is 1.21 bits per heavy atom. The number of methoxy groups -OCH3 is 1. The molecule has 1 aromatic carbocycles. The maximum atomic E-state index is 12.7. The molecule has 5 heteroatoms. The minimum absolute atomic E-state index is 0.199. The maximum absolute atomic E-state index is 12.7. The molecule has 1 aliphatic heterocycles. The Bertz CT molecular complexity index is 599. The van der Waals surface area contributed by atoms with Crippen molar-refractivity contribution >= 4 is 29.4 Å². The first-order valence-electron chi connectivity index (χ1n) is 8.90. The van der Waals surface area contributed by atoms with Gasteiger partial charge in [0.1, 0.15) is 5.75 Å². The van der Waals surface area contributed by atoms with Crippen molar-refractivity contribution in [2.75, 3.05) is 18.6 Å². The quantitative estimate of drug-likeness (QED) is 0.880. The molecule has 2 unspecified atom stereocenters. The van der Waals surface area contributed by atoms with Crippen LogP contribution < -0.4 is 10.1 Å². The van der Waals surface area contributed by atoms with Gasteiger partial charge in [-0.25, -0.2) is 0 Å². The molecule has 2 atom stereocenters. The Morgan fingerprint density at radius 3 is 2.54 bits per heavy atom. The molecule has 1 aromatic rings. The Morgan fingerprint density at radius 2 is 1.88 bits per heavy atom. The maximum Gasteiger partial charge on any atom is 0.223 e. The summed E-state index contributed by atoms with van der Waals surface area (Å²) in [6.45, 7) is 0.559. The van der Waals surface area contributed by atoms with E-state index in [4.69, 9.17) is 4.74 Å². The molecule has 3 nitrogen and oxygen atoms in total. The first-order valence-corrected chi connectivity index (χ1v) is 10.9. The number of hydrogen-bond donors (Lipinski definition) is 1. The van der Waals surface area contributed by atoms with E-state index in [1.54, 1.807) is 7.11 Å². The fourth-order valence-electron chi connectivity index (χ4n) is 4.79. The number of hydrogen-bond acceptors (Lipinski definition) is 4. The molecular weight excluding hydrogens is 338 g/mol. The fraction of sp³-hybridized carbons (Fsp3) is 0.632. The average Bonchev–Trinajstić information content (AvgIpc) is 3.15. The first kappa shape index (κ1) is 16.6. The number of thioether (sulfide) groups is 2. The lowest BCUT2D eigenvalue weighted by atomic mass is 9.79. The summed E-state index contributed by atoms with van der Waals surface area (Å²) in [7, 11) is 1.68. The molecule has 3 fully saturated rings. The predicted molar refractivity (Wildman–Crippen MR) is 101 cm³/mol. The van der Waals surface area contributed by atoms with Gasteiger partial charge in [-0.1, -0.05) is 18.2 Å². The molecule has 2 saturated carbocycles. The van der Waals surface area contributed by atoms with E-state index in [0.717, 1.165) is 36.0 Å². The molecule has 0 aromatic heterocycles. The Kier molecular flexibility index (Phi) is 4.74. The molecule has 130 valence electrons. The number of ether oxygens (including phenoxy) is 1. The summed E-state index contributed by atoms with van der Waals surface area (Å²) in [6, 6.07) is 7.91. The molecule has 1 saturated heterocycles. The van der Waals surface area contributed by atoms with Gasteiger partial charge >= 0.3 is 0 Å². The van der Waals surface area contributed by atoms with Crippen molar-refractivity contribution in [1.82, 2.24) is 5.32 Å². The number of carbonyl (C=O) groups excluding carboxylic acids is 1. The number of rotatable bonds is 4. The number of para-hydroxylation sites is 1. The van der Waals surface area contributed by atoms with Crippen LogP contribution in [0.1, 0.15) is 31.2 Å². The summed E-state index contributed by atoms with van der Waals surface area (Å²) in [6.07, 6.45) is 4.80. The highest BCUT2D eigenvalue weighted by Gasteiger charge is 2.57. The van der Waals surface area contributed by atoms with Crippen LogP contribution in [0.5, 0.6) is 5.75 Å². The fourth-order valence-corrected chi connectivity index (χ4v) is 8.73. The topological polar surface area (TPSA) is 38.3 Å². The molecule has 2 bridgehead atoms. The predicted octanol–water partition coefficient (Wildman–Crippen LogP) is 3.92. The van der Waals surface area contributed by atoms with Crippen LogP contribution in [-0.2, 0) is 11.3 Å². The van der Waals surface area contributed by atoms with Gasteiger partial charge in [-0.15, -0.1) is 23.5 Å². The standard InChI is InChI=1S/C19H25NO2S2/c1-22-17-5-3-2-4-13(17)12-20-18(21)14-10-15-6-7-16(11-14)19(15)23-8-9-24-19/h2-5,14-16H,6-12H2,1H3,(H,20,21). The van der Waals surface area contributed by atoms with E-state index in [2.05, 4.69) is 28.8 Å². The van der Waals surface area contributed by atoms with Gasteiger partial charge in [0.15, 0.2) is 0 Å². The minimum atomic E-state index is 0.199. The third kappa shape index (κ3) is 2.84. The third-order valence-corrected chi connectivity index (χ3v) is 9.91. The van der Waals surface area contributed by atoms with Crippen molar-refractivity contribution in [3.63, 3.8) is 0 Å². The van der Waals surface area contributed by atoms with Gasteiger partial charge in [0, 0.05) is 29.5 Å². The zero-order valence-electron chi connectivity index (χ0n) is 14.1. The molecule has 1 spiro atoms. The van der Waals surface area contributed by atoms with E-state index in [9.17, 15) is 4.79 Å². The molecule has 0 radical (unpaired) electrons. The number of benzene rings is 1. The van der Waals surface area contributed by atoms with Crippen LogP contribution in [0.2, 0.25) is 0 Å². The normalized spacial score (nSPS) is 30.5. The van der Waals surface area contributed by atoms with Gasteiger partial charge in [-0.3, -0.25) is 4.79 Å². The minimum Gasteiger partial charge on any atom is -0.496 e. The molecular formula is C19H25NO2S2. The highest BCUT2D eigenvalue weighted by Crippen LogP contribution is 2.65.